The van der Waals surface area contributed by atoms with Crippen molar-refractivity contribution in [2.75, 3.05) is 20.3 Å². The van der Waals surface area contributed by atoms with Crippen molar-refractivity contribution in [1.29, 1.82) is 0 Å². The summed E-state index contributed by atoms with van der Waals surface area (Å²) >= 11 is 0. The number of hydrogen-bond acceptors (Lipinski definition) is 2. The fourth-order valence-corrected chi connectivity index (χ4v) is 2.49. The van der Waals surface area contributed by atoms with E-state index in [1.807, 2.05) is 0 Å². The highest BCUT2D eigenvalue weighted by atomic mass is 16.5. The van der Waals surface area contributed by atoms with Crippen LogP contribution in [0.2, 0.25) is 0 Å². The first-order chi connectivity index (χ1) is 6.33. The van der Waals surface area contributed by atoms with Crippen LogP contribution >= 0.6 is 0 Å². The Kier molecular flexibility index (Phi) is 4.74. The van der Waals surface area contributed by atoms with E-state index in [4.69, 9.17) is 4.74 Å². The second kappa shape index (κ2) is 5.61. The zero-order chi connectivity index (χ0) is 9.68. The van der Waals surface area contributed by atoms with Crippen LogP contribution in [0.25, 0.3) is 0 Å². The van der Waals surface area contributed by atoms with Crippen LogP contribution in [0, 0.1) is 11.8 Å². The summed E-state index contributed by atoms with van der Waals surface area (Å²) in [6.07, 6.45) is 3.79. The van der Waals surface area contributed by atoms with E-state index in [0.717, 1.165) is 25.0 Å². The Bertz CT molecular complexity index is 126. The van der Waals surface area contributed by atoms with E-state index in [9.17, 15) is 0 Å². The molecule has 2 atom stereocenters. The highest BCUT2D eigenvalue weighted by Crippen LogP contribution is 2.25. The molecule has 0 aromatic rings. The van der Waals surface area contributed by atoms with Crippen LogP contribution in [0.15, 0.2) is 0 Å². The fourth-order valence-electron chi connectivity index (χ4n) is 2.49. The molecule has 2 unspecified atom stereocenters. The number of nitrogens with one attached hydrogen (secondary N) is 1. The molecule has 0 aliphatic carbocycles. The quantitative estimate of drug-likeness (QED) is 0.708. The largest absolute Gasteiger partial charge is 0.381 e. The minimum absolute atomic E-state index is 0.664. The zero-order valence-corrected chi connectivity index (χ0v) is 9.18. The van der Waals surface area contributed by atoms with E-state index in [1.165, 1.54) is 19.3 Å². The molecule has 1 rings (SSSR count). The molecule has 1 N–H and O–H groups in total. The van der Waals surface area contributed by atoms with Crippen LogP contribution in [0.3, 0.4) is 0 Å². The molecule has 1 saturated heterocycles. The van der Waals surface area contributed by atoms with Crippen molar-refractivity contribution in [1.82, 2.24) is 5.32 Å². The molecular weight excluding hydrogens is 162 g/mol. The average Bonchev–Trinajstić information content (AvgIpc) is 2.66. The monoisotopic (exact) mass is 185 g/mol. The molecule has 0 aromatic heterocycles. The first-order valence-electron chi connectivity index (χ1n) is 5.58. The third-order valence-electron chi connectivity index (χ3n) is 3.36. The van der Waals surface area contributed by atoms with Gasteiger partial charge in [0.05, 0.1) is 6.61 Å². The molecule has 0 spiro atoms. The van der Waals surface area contributed by atoms with Gasteiger partial charge in [-0.2, -0.15) is 0 Å². The third-order valence-corrected chi connectivity index (χ3v) is 3.36. The van der Waals surface area contributed by atoms with Crippen molar-refractivity contribution in [2.45, 2.75) is 39.2 Å². The molecule has 13 heavy (non-hydrogen) atoms. The molecule has 2 nitrogen and oxygen atoms in total. The van der Waals surface area contributed by atoms with E-state index in [2.05, 4.69) is 26.2 Å². The summed E-state index contributed by atoms with van der Waals surface area (Å²) in [7, 11) is 2.08. The predicted octanol–water partition coefficient (Wildman–Crippen LogP) is 2.05. The first-order valence-corrected chi connectivity index (χ1v) is 5.58. The van der Waals surface area contributed by atoms with Gasteiger partial charge in [-0.3, -0.25) is 0 Å². The van der Waals surface area contributed by atoms with Gasteiger partial charge < -0.3 is 10.1 Å². The maximum Gasteiger partial charge on any atom is 0.0510 e. The highest BCUT2D eigenvalue weighted by Gasteiger charge is 2.28. The smallest absolute Gasteiger partial charge is 0.0510 e. The number of ether oxygens (including phenoxy) is 1. The van der Waals surface area contributed by atoms with E-state index in [-0.39, 0.29) is 0 Å². The van der Waals surface area contributed by atoms with Crippen molar-refractivity contribution in [3.63, 3.8) is 0 Å². The van der Waals surface area contributed by atoms with Crippen molar-refractivity contribution < 1.29 is 4.74 Å². The van der Waals surface area contributed by atoms with Gasteiger partial charge in [-0.15, -0.1) is 0 Å². The number of hydrogen-bond donors (Lipinski definition) is 1. The normalized spacial score (nSPS) is 25.4. The Labute approximate surface area is 82.0 Å². The molecular formula is C11H23NO. The van der Waals surface area contributed by atoms with Crippen molar-refractivity contribution in [2.24, 2.45) is 11.8 Å². The van der Waals surface area contributed by atoms with Crippen LogP contribution in [-0.4, -0.2) is 26.3 Å². The van der Waals surface area contributed by atoms with Gasteiger partial charge in [-0.1, -0.05) is 26.7 Å². The van der Waals surface area contributed by atoms with Gasteiger partial charge in [-0.25, -0.2) is 0 Å². The highest BCUT2D eigenvalue weighted by molar-refractivity contribution is 4.83. The standard InChI is InChI=1S/C11H23NO/c1-4-9(5-2)11(12-3)10-6-7-13-8-10/h9-12H,4-8H2,1-3H3. The minimum Gasteiger partial charge on any atom is -0.381 e. The Hall–Kier alpha value is -0.0800. The van der Waals surface area contributed by atoms with E-state index in [1.54, 1.807) is 0 Å². The van der Waals surface area contributed by atoms with Gasteiger partial charge in [-0.05, 0) is 19.4 Å². The van der Waals surface area contributed by atoms with Gasteiger partial charge in [0, 0.05) is 18.6 Å². The molecule has 2 heteroatoms. The predicted molar refractivity (Wildman–Crippen MR) is 55.8 cm³/mol. The summed E-state index contributed by atoms with van der Waals surface area (Å²) in [5, 5.41) is 3.47. The molecule has 1 heterocycles. The van der Waals surface area contributed by atoms with E-state index in [0.29, 0.717) is 6.04 Å². The zero-order valence-electron chi connectivity index (χ0n) is 9.18. The second-order valence-electron chi connectivity index (χ2n) is 4.01. The lowest BCUT2D eigenvalue weighted by Gasteiger charge is -2.29. The Balaban J connectivity index is 2.48. The maximum atomic E-state index is 5.44. The Morgan fingerprint density at radius 1 is 1.38 bits per heavy atom. The van der Waals surface area contributed by atoms with Gasteiger partial charge in [0.25, 0.3) is 0 Å². The topological polar surface area (TPSA) is 21.3 Å². The van der Waals surface area contributed by atoms with Gasteiger partial charge in [0.15, 0.2) is 0 Å². The maximum absolute atomic E-state index is 5.44. The molecule has 0 aromatic carbocycles. The van der Waals surface area contributed by atoms with Gasteiger partial charge in [0.2, 0.25) is 0 Å². The molecule has 0 radical (unpaired) electrons. The van der Waals surface area contributed by atoms with Crippen molar-refractivity contribution in [3.8, 4) is 0 Å². The lowest BCUT2D eigenvalue weighted by Crippen LogP contribution is -2.40. The van der Waals surface area contributed by atoms with Crippen molar-refractivity contribution in [3.05, 3.63) is 0 Å². The van der Waals surface area contributed by atoms with Gasteiger partial charge >= 0.3 is 0 Å². The van der Waals surface area contributed by atoms with Crippen LogP contribution in [0.4, 0.5) is 0 Å². The average molecular weight is 185 g/mol. The molecule has 78 valence electrons. The summed E-state index contributed by atoms with van der Waals surface area (Å²) in [5.74, 6) is 1.56. The van der Waals surface area contributed by atoms with E-state index >= 15 is 0 Å². The van der Waals surface area contributed by atoms with Crippen LogP contribution in [-0.2, 0) is 4.74 Å². The Morgan fingerprint density at radius 2 is 2.08 bits per heavy atom. The number of rotatable bonds is 5. The fraction of sp³-hybridized carbons (Fsp3) is 1.00. The minimum atomic E-state index is 0.664. The second-order valence-corrected chi connectivity index (χ2v) is 4.01. The van der Waals surface area contributed by atoms with E-state index < -0.39 is 0 Å². The molecule has 0 saturated carbocycles. The summed E-state index contributed by atoms with van der Waals surface area (Å²) in [4.78, 5) is 0. The van der Waals surface area contributed by atoms with Crippen LogP contribution in [0.5, 0.6) is 0 Å². The molecule has 0 amide bonds. The van der Waals surface area contributed by atoms with Crippen molar-refractivity contribution >= 4 is 0 Å². The lowest BCUT2D eigenvalue weighted by atomic mass is 9.84. The summed E-state index contributed by atoms with van der Waals surface area (Å²) in [6.45, 7) is 6.49. The molecule has 1 aliphatic rings. The first kappa shape index (κ1) is 11.0. The summed E-state index contributed by atoms with van der Waals surface area (Å²) in [6, 6.07) is 0.664. The van der Waals surface area contributed by atoms with Crippen LogP contribution in [0.1, 0.15) is 33.1 Å². The third kappa shape index (κ3) is 2.68. The van der Waals surface area contributed by atoms with Crippen LogP contribution < -0.4 is 5.32 Å². The van der Waals surface area contributed by atoms with Gasteiger partial charge in [0.1, 0.15) is 0 Å². The Morgan fingerprint density at radius 3 is 2.46 bits per heavy atom. The molecule has 1 aliphatic heterocycles. The summed E-state index contributed by atoms with van der Waals surface area (Å²) < 4.78 is 5.44. The lowest BCUT2D eigenvalue weighted by molar-refractivity contribution is 0.164. The summed E-state index contributed by atoms with van der Waals surface area (Å²) in [5.41, 5.74) is 0. The molecule has 1 fully saturated rings. The molecule has 0 bridgehead atoms. The SMILES string of the molecule is CCC(CC)C(NC)C1CCOC1.